The van der Waals surface area contributed by atoms with Gasteiger partial charge in [0, 0.05) is 28.6 Å². The summed E-state index contributed by atoms with van der Waals surface area (Å²) in [6.45, 7) is 1.82. The van der Waals surface area contributed by atoms with E-state index in [9.17, 15) is 4.79 Å². The first-order valence-corrected chi connectivity index (χ1v) is 6.89. The number of carbonyl (C=O) groups excluding carboxylic acids is 1. The lowest BCUT2D eigenvalue weighted by molar-refractivity contribution is 0.0989. The molecule has 0 saturated heterocycles. The summed E-state index contributed by atoms with van der Waals surface area (Å²) in [6, 6.07) is 6.92. The molecule has 0 aliphatic heterocycles. The average Bonchev–Trinajstić information content (AvgIpc) is 2.53. The van der Waals surface area contributed by atoms with Crippen molar-refractivity contribution in [1.29, 1.82) is 0 Å². The monoisotopic (exact) mass is 305 g/mol. The van der Waals surface area contributed by atoms with Crippen molar-refractivity contribution in [3.63, 3.8) is 0 Å². The second-order valence-electron chi connectivity index (χ2n) is 4.39. The Morgan fingerprint density at radius 3 is 2.57 bits per heavy atom. The molecule has 0 fully saturated rings. The highest BCUT2D eigenvalue weighted by Gasteiger charge is 2.16. The third-order valence-electron chi connectivity index (χ3n) is 3.16. The molecule has 21 heavy (non-hydrogen) atoms. The van der Waals surface area contributed by atoms with Crippen molar-refractivity contribution < 1.29 is 14.3 Å². The van der Waals surface area contributed by atoms with E-state index in [-0.39, 0.29) is 5.78 Å². The van der Waals surface area contributed by atoms with Crippen LogP contribution in [0.4, 0.5) is 0 Å². The minimum atomic E-state index is 0.0412. The zero-order valence-electron chi connectivity index (χ0n) is 12.1. The van der Waals surface area contributed by atoms with E-state index in [4.69, 9.17) is 21.1 Å². The van der Waals surface area contributed by atoms with E-state index in [0.717, 1.165) is 5.56 Å². The predicted molar refractivity (Wildman–Crippen MR) is 82.4 cm³/mol. The van der Waals surface area contributed by atoms with Crippen LogP contribution in [0.2, 0.25) is 5.02 Å². The molecule has 0 bridgehead atoms. The Kier molecular flexibility index (Phi) is 4.81. The highest BCUT2D eigenvalue weighted by atomic mass is 35.5. The molecular weight excluding hydrogens is 290 g/mol. The van der Waals surface area contributed by atoms with Crippen molar-refractivity contribution in [1.82, 2.24) is 4.98 Å². The molecular formula is C16H16ClNO3. The summed E-state index contributed by atoms with van der Waals surface area (Å²) in [5.41, 5.74) is 2.05. The number of ketones is 1. The molecule has 2 aromatic rings. The number of pyridine rings is 1. The van der Waals surface area contributed by atoms with Crippen LogP contribution in [0.3, 0.4) is 0 Å². The van der Waals surface area contributed by atoms with Crippen LogP contribution in [0.5, 0.6) is 11.6 Å². The summed E-state index contributed by atoms with van der Waals surface area (Å²) >= 11 is 6.08. The molecule has 0 aliphatic carbocycles. The summed E-state index contributed by atoms with van der Waals surface area (Å²) < 4.78 is 10.5. The SMILES string of the molecule is CCC(=O)c1ccc(Cl)cc1-c1cc(OC)ncc1OC. The van der Waals surface area contributed by atoms with Gasteiger partial charge in [-0.25, -0.2) is 4.98 Å². The van der Waals surface area contributed by atoms with Gasteiger partial charge in [0.2, 0.25) is 5.88 Å². The molecule has 2 rings (SSSR count). The van der Waals surface area contributed by atoms with E-state index in [1.165, 1.54) is 7.11 Å². The molecule has 0 radical (unpaired) electrons. The van der Waals surface area contributed by atoms with E-state index >= 15 is 0 Å². The molecule has 110 valence electrons. The number of benzene rings is 1. The van der Waals surface area contributed by atoms with Crippen LogP contribution in [0.25, 0.3) is 11.1 Å². The maximum Gasteiger partial charge on any atom is 0.213 e. The lowest BCUT2D eigenvalue weighted by Crippen LogP contribution is -2.01. The van der Waals surface area contributed by atoms with Gasteiger partial charge in [-0.05, 0) is 23.8 Å². The van der Waals surface area contributed by atoms with Crippen molar-refractivity contribution in [3.8, 4) is 22.8 Å². The first kappa shape index (κ1) is 15.3. The fourth-order valence-corrected chi connectivity index (χ4v) is 2.25. The number of hydrogen-bond acceptors (Lipinski definition) is 4. The highest BCUT2D eigenvalue weighted by Crippen LogP contribution is 2.36. The Morgan fingerprint density at radius 2 is 1.95 bits per heavy atom. The maximum atomic E-state index is 12.1. The van der Waals surface area contributed by atoms with Crippen molar-refractivity contribution in [3.05, 3.63) is 41.0 Å². The Hall–Kier alpha value is -2.07. The Morgan fingerprint density at radius 1 is 1.19 bits per heavy atom. The molecule has 1 heterocycles. The van der Waals surface area contributed by atoms with Crippen LogP contribution in [0.15, 0.2) is 30.5 Å². The minimum Gasteiger partial charge on any atom is -0.494 e. The molecule has 5 heteroatoms. The number of Topliss-reactive ketones (excluding diaryl/α,β-unsaturated/α-hetero) is 1. The van der Waals surface area contributed by atoms with Gasteiger partial charge in [-0.1, -0.05) is 18.5 Å². The Bertz CT molecular complexity index is 671. The number of ether oxygens (including phenoxy) is 2. The predicted octanol–water partition coefficient (Wildman–Crippen LogP) is 4.01. The lowest BCUT2D eigenvalue weighted by Gasteiger charge is -2.13. The van der Waals surface area contributed by atoms with Crippen LogP contribution in [0.1, 0.15) is 23.7 Å². The van der Waals surface area contributed by atoms with Gasteiger partial charge in [0.05, 0.1) is 20.4 Å². The number of hydrogen-bond donors (Lipinski definition) is 0. The molecule has 0 aliphatic rings. The molecule has 0 amide bonds. The third-order valence-corrected chi connectivity index (χ3v) is 3.40. The van der Waals surface area contributed by atoms with Crippen molar-refractivity contribution >= 4 is 17.4 Å². The molecule has 4 nitrogen and oxygen atoms in total. The van der Waals surface area contributed by atoms with Crippen LogP contribution >= 0.6 is 11.6 Å². The van der Waals surface area contributed by atoms with Crippen molar-refractivity contribution in [2.45, 2.75) is 13.3 Å². The lowest BCUT2D eigenvalue weighted by atomic mass is 9.96. The molecule has 0 atom stereocenters. The zero-order chi connectivity index (χ0) is 15.4. The van der Waals surface area contributed by atoms with Gasteiger partial charge in [0.25, 0.3) is 0 Å². The number of rotatable bonds is 5. The summed E-state index contributed by atoms with van der Waals surface area (Å²) in [4.78, 5) is 16.2. The smallest absolute Gasteiger partial charge is 0.213 e. The van der Waals surface area contributed by atoms with Gasteiger partial charge in [0.15, 0.2) is 5.78 Å². The Balaban J connectivity index is 2.70. The second-order valence-corrected chi connectivity index (χ2v) is 4.83. The first-order valence-electron chi connectivity index (χ1n) is 6.51. The van der Waals surface area contributed by atoms with E-state index in [2.05, 4.69) is 4.98 Å². The quantitative estimate of drug-likeness (QED) is 0.783. The maximum absolute atomic E-state index is 12.1. The number of halogens is 1. The third kappa shape index (κ3) is 3.16. The van der Waals surface area contributed by atoms with Crippen LogP contribution in [-0.2, 0) is 0 Å². The average molecular weight is 306 g/mol. The standard InChI is InChI=1S/C16H16ClNO3/c1-4-14(19)11-6-5-10(17)7-12(11)13-8-16(21-3)18-9-15(13)20-2/h5-9H,4H2,1-3H3. The summed E-state index contributed by atoms with van der Waals surface area (Å²) in [5, 5.41) is 0.551. The number of nitrogens with zero attached hydrogens (tertiary/aromatic N) is 1. The van der Waals surface area contributed by atoms with E-state index in [0.29, 0.717) is 34.2 Å². The van der Waals surface area contributed by atoms with Crippen molar-refractivity contribution in [2.75, 3.05) is 14.2 Å². The molecule has 0 N–H and O–H groups in total. The van der Waals surface area contributed by atoms with E-state index in [1.54, 1.807) is 37.6 Å². The number of aromatic nitrogens is 1. The fourth-order valence-electron chi connectivity index (χ4n) is 2.08. The van der Waals surface area contributed by atoms with Gasteiger partial charge in [0.1, 0.15) is 5.75 Å². The van der Waals surface area contributed by atoms with Crippen molar-refractivity contribution in [2.24, 2.45) is 0 Å². The molecule has 0 unspecified atom stereocenters. The fraction of sp³-hybridized carbons (Fsp3) is 0.250. The summed E-state index contributed by atoms with van der Waals surface area (Å²) in [7, 11) is 3.09. The van der Waals surface area contributed by atoms with Gasteiger partial charge < -0.3 is 9.47 Å². The second kappa shape index (κ2) is 6.59. The van der Waals surface area contributed by atoms with Gasteiger partial charge in [-0.2, -0.15) is 0 Å². The largest absolute Gasteiger partial charge is 0.494 e. The molecule has 0 saturated carbocycles. The first-order chi connectivity index (χ1) is 10.1. The molecule has 0 spiro atoms. The molecule has 1 aromatic carbocycles. The Labute approximate surface area is 128 Å². The van der Waals surface area contributed by atoms with Crippen LogP contribution < -0.4 is 9.47 Å². The minimum absolute atomic E-state index is 0.0412. The highest BCUT2D eigenvalue weighted by molar-refractivity contribution is 6.31. The van der Waals surface area contributed by atoms with Gasteiger partial charge >= 0.3 is 0 Å². The van der Waals surface area contributed by atoms with Crippen LogP contribution in [-0.4, -0.2) is 25.0 Å². The summed E-state index contributed by atoms with van der Waals surface area (Å²) in [5.74, 6) is 1.04. The zero-order valence-corrected chi connectivity index (χ0v) is 12.9. The number of methoxy groups -OCH3 is 2. The topological polar surface area (TPSA) is 48.4 Å². The normalized spacial score (nSPS) is 10.3. The van der Waals surface area contributed by atoms with E-state index < -0.39 is 0 Å². The number of carbonyl (C=O) groups is 1. The van der Waals surface area contributed by atoms with E-state index in [1.807, 2.05) is 6.92 Å². The van der Waals surface area contributed by atoms with Crippen LogP contribution in [0, 0.1) is 0 Å². The van der Waals surface area contributed by atoms with Gasteiger partial charge in [-0.3, -0.25) is 4.79 Å². The molecule has 1 aromatic heterocycles. The van der Waals surface area contributed by atoms with Gasteiger partial charge in [-0.15, -0.1) is 0 Å². The summed E-state index contributed by atoms with van der Waals surface area (Å²) in [6.07, 6.45) is 1.98.